The maximum absolute atomic E-state index is 13.8. The highest BCUT2D eigenvalue weighted by molar-refractivity contribution is 5.89. The summed E-state index contributed by atoms with van der Waals surface area (Å²) in [6.45, 7) is 0. The van der Waals surface area contributed by atoms with Gasteiger partial charge in [0.05, 0.1) is 12.7 Å². The highest BCUT2D eigenvalue weighted by atomic mass is 19.1. The van der Waals surface area contributed by atoms with Gasteiger partial charge in [-0.25, -0.2) is 9.37 Å². The van der Waals surface area contributed by atoms with E-state index in [1.54, 1.807) is 30.8 Å². The highest BCUT2D eigenvalue weighted by Gasteiger charge is 2.23. The van der Waals surface area contributed by atoms with E-state index in [2.05, 4.69) is 22.4 Å². The Morgan fingerprint density at radius 1 is 1.27 bits per heavy atom. The summed E-state index contributed by atoms with van der Waals surface area (Å²) in [5.41, 5.74) is 5.01. The molecule has 1 N–H and O–H groups in total. The van der Waals surface area contributed by atoms with E-state index in [-0.39, 0.29) is 18.1 Å². The molecule has 1 aliphatic carbocycles. The second-order valence-corrected chi connectivity index (χ2v) is 7.86. The average molecular weight is 403 g/mol. The van der Waals surface area contributed by atoms with Crippen molar-refractivity contribution in [2.24, 2.45) is 7.05 Å². The third-order valence-electron chi connectivity index (χ3n) is 5.82. The Balaban J connectivity index is 1.42. The number of hydrogen-bond donors (Lipinski definition) is 1. The van der Waals surface area contributed by atoms with E-state index in [9.17, 15) is 9.18 Å². The molecule has 0 fully saturated rings. The number of furan rings is 1. The van der Waals surface area contributed by atoms with Gasteiger partial charge >= 0.3 is 0 Å². The molecule has 0 bridgehead atoms. The van der Waals surface area contributed by atoms with Crippen LogP contribution in [0.3, 0.4) is 0 Å². The summed E-state index contributed by atoms with van der Waals surface area (Å²) < 4.78 is 21.4. The van der Waals surface area contributed by atoms with Crippen LogP contribution in [0.15, 0.2) is 59.5 Å². The lowest BCUT2D eigenvalue weighted by Gasteiger charge is -2.19. The van der Waals surface area contributed by atoms with Gasteiger partial charge in [-0.2, -0.15) is 0 Å². The van der Waals surface area contributed by atoms with Gasteiger partial charge in [-0.05, 0) is 60.2 Å². The minimum Gasteiger partial charge on any atom is -0.464 e. The molecule has 5 nitrogen and oxygen atoms in total. The van der Waals surface area contributed by atoms with Crippen molar-refractivity contribution in [2.45, 2.75) is 31.7 Å². The number of fused-ring (bicyclic) bond motifs is 2. The van der Waals surface area contributed by atoms with Crippen LogP contribution in [-0.2, 0) is 31.1 Å². The number of rotatable bonds is 5. The van der Waals surface area contributed by atoms with Gasteiger partial charge in [-0.15, -0.1) is 0 Å². The van der Waals surface area contributed by atoms with E-state index in [0.29, 0.717) is 11.4 Å². The van der Waals surface area contributed by atoms with E-state index < -0.39 is 6.04 Å². The minimum atomic E-state index is -0.546. The first-order chi connectivity index (χ1) is 14.6. The summed E-state index contributed by atoms with van der Waals surface area (Å²) in [5, 5.41) is 4.02. The number of aryl methyl sites for hydroxylation is 3. The number of amides is 1. The van der Waals surface area contributed by atoms with Crippen molar-refractivity contribution in [3.63, 3.8) is 0 Å². The number of aromatic nitrogens is 2. The quantitative estimate of drug-likeness (QED) is 0.542. The maximum Gasteiger partial charge on any atom is 0.225 e. The van der Waals surface area contributed by atoms with Crippen LogP contribution in [0.4, 0.5) is 4.39 Å². The Bertz CT molecular complexity index is 1240. The summed E-state index contributed by atoms with van der Waals surface area (Å²) in [6.07, 6.45) is 8.63. The summed E-state index contributed by atoms with van der Waals surface area (Å²) in [7, 11) is 1.85. The number of nitrogens with zero attached hydrogens (tertiary/aromatic N) is 2. The molecule has 1 atom stereocenters. The average Bonchev–Trinajstić information content (AvgIpc) is 3.45. The van der Waals surface area contributed by atoms with Crippen LogP contribution in [-0.4, -0.2) is 15.5 Å². The SMILES string of the molecule is Cn1ccnc1C(NC(=O)Cc1coc2cc3c(cc12)CCC3)c1cccc(F)c1. The Hall–Kier alpha value is -3.41. The van der Waals surface area contributed by atoms with Crippen molar-refractivity contribution in [3.8, 4) is 0 Å². The van der Waals surface area contributed by atoms with Crippen molar-refractivity contribution in [1.29, 1.82) is 0 Å². The lowest BCUT2D eigenvalue weighted by molar-refractivity contribution is -0.121. The van der Waals surface area contributed by atoms with E-state index >= 15 is 0 Å². The molecule has 1 aliphatic rings. The van der Waals surface area contributed by atoms with Crippen molar-refractivity contribution in [3.05, 3.63) is 89.0 Å². The lowest BCUT2D eigenvalue weighted by Crippen LogP contribution is -2.32. The predicted octanol–water partition coefficient (Wildman–Crippen LogP) is 4.24. The highest BCUT2D eigenvalue weighted by Crippen LogP contribution is 2.31. The molecule has 0 saturated heterocycles. The van der Waals surface area contributed by atoms with Crippen molar-refractivity contribution >= 4 is 16.9 Å². The fraction of sp³-hybridized carbons (Fsp3) is 0.250. The molecule has 2 aromatic carbocycles. The normalized spacial score (nSPS) is 14.1. The van der Waals surface area contributed by atoms with Gasteiger partial charge in [0.1, 0.15) is 23.3 Å². The Morgan fingerprint density at radius 3 is 2.87 bits per heavy atom. The zero-order valence-electron chi connectivity index (χ0n) is 16.7. The first-order valence-electron chi connectivity index (χ1n) is 10.1. The van der Waals surface area contributed by atoms with Crippen LogP contribution in [0.5, 0.6) is 0 Å². The summed E-state index contributed by atoms with van der Waals surface area (Å²) in [6, 6.07) is 9.95. The third kappa shape index (κ3) is 3.38. The molecule has 5 rings (SSSR count). The fourth-order valence-corrected chi connectivity index (χ4v) is 4.31. The van der Waals surface area contributed by atoms with Crippen LogP contribution in [0.1, 0.15) is 40.5 Å². The molecule has 4 aromatic rings. The Labute approximate surface area is 173 Å². The van der Waals surface area contributed by atoms with E-state index in [4.69, 9.17) is 4.42 Å². The van der Waals surface area contributed by atoms with E-state index in [1.165, 1.54) is 23.3 Å². The number of carbonyl (C=O) groups is 1. The van der Waals surface area contributed by atoms with Gasteiger partial charge < -0.3 is 14.3 Å². The molecule has 152 valence electrons. The van der Waals surface area contributed by atoms with Gasteiger partial charge in [0.15, 0.2) is 0 Å². The van der Waals surface area contributed by atoms with Crippen LogP contribution < -0.4 is 5.32 Å². The fourth-order valence-electron chi connectivity index (χ4n) is 4.31. The topological polar surface area (TPSA) is 60.1 Å². The second kappa shape index (κ2) is 7.44. The smallest absolute Gasteiger partial charge is 0.225 e. The number of nitrogens with one attached hydrogen (secondary N) is 1. The summed E-state index contributed by atoms with van der Waals surface area (Å²) in [4.78, 5) is 17.3. The molecule has 1 amide bonds. The molecule has 1 unspecified atom stereocenters. The molecule has 6 heteroatoms. The van der Waals surface area contributed by atoms with Gasteiger partial charge in [0.2, 0.25) is 5.91 Å². The minimum absolute atomic E-state index is 0.171. The first-order valence-corrected chi connectivity index (χ1v) is 10.1. The summed E-state index contributed by atoms with van der Waals surface area (Å²) >= 11 is 0. The predicted molar refractivity (Wildman–Crippen MR) is 112 cm³/mol. The lowest BCUT2D eigenvalue weighted by atomic mass is 10.0. The third-order valence-corrected chi connectivity index (χ3v) is 5.82. The second-order valence-electron chi connectivity index (χ2n) is 7.86. The van der Waals surface area contributed by atoms with Gasteiger partial charge in [0.25, 0.3) is 0 Å². The van der Waals surface area contributed by atoms with E-state index in [1.807, 2.05) is 11.6 Å². The van der Waals surface area contributed by atoms with Crippen molar-refractivity contribution < 1.29 is 13.6 Å². The molecule has 2 heterocycles. The summed E-state index contributed by atoms with van der Waals surface area (Å²) in [5.74, 6) is 0.120. The van der Waals surface area contributed by atoms with Crippen LogP contribution in [0.2, 0.25) is 0 Å². The van der Waals surface area contributed by atoms with Crippen LogP contribution >= 0.6 is 0 Å². The van der Waals surface area contributed by atoms with Crippen LogP contribution in [0, 0.1) is 5.82 Å². The monoisotopic (exact) mass is 403 g/mol. The number of hydrogen-bond acceptors (Lipinski definition) is 3. The van der Waals surface area contributed by atoms with Crippen molar-refractivity contribution in [2.75, 3.05) is 0 Å². The molecule has 30 heavy (non-hydrogen) atoms. The molecule has 2 aromatic heterocycles. The van der Waals surface area contributed by atoms with Gasteiger partial charge in [-0.3, -0.25) is 4.79 Å². The zero-order valence-corrected chi connectivity index (χ0v) is 16.7. The Morgan fingerprint density at radius 2 is 2.10 bits per heavy atom. The van der Waals surface area contributed by atoms with Crippen LogP contribution in [0.25, 0.3) is 11.0 Å². The molecule has 0 spiro atoms. The molecule has 0 radical (unpaired) electrons. The van der Waals surface area contributed by atoms with Crippen molar-refractivity contribution in [1.82, 2.24) is 14.9 Å². The number of carbonyl (C=O) groups excluding carboxylic acids is 1. The first kappa shape index (κ1) is 18.6. The Kier molecular flexibility index (Phi) is 4.62. The van der Waals surface area contributed by atoms with E-state index in [0.717, 1.165) is 35.8 Å². The zero-order chi connectivity index (χ0) is 20.7. The largest absolute Gasteiger partial charge is 0.464 e. The molecular formula is C24H22FN3O2. The maximum atomic E-state index is 13.8. The standard InChI is InChI=1S/C24H22FN3O2/c1-28-9-8-26-24(28)23(17-6-3-7-19(25)10-17)27-22(29)13-18-14-30-21-12-16-5-2-4-15(16)11-20(18)21/h3,6-12,14,23H,2,4-5,13H2,1H3,(H,27,29). The molecular weight excluding hydrogens is 381 g/mol. The van der Waals surface area contributed by atoms with Gasteiger partial charge in [-0.1, -0.05) is 12.1 Å². The number of benzene rings is 2. The molecule has 0 aliphatic heterocycles. The van der Waals surface area contributed by atoms with Gasteiger partial charge in [0, 0.05) is 30.4 Å². The number of imidazole rings is 1. The molecule has 0 saturated carbocycles. The number of halogens is 1.